The molecule has 0 atom stereocenters. The molecule has 3 heteroatoms. The van der Waals surface area contributed by atoms with Gasteiger partial charge in [0, 0.05) is 11.3 Å². The van der Waals surface area contributed by atoms with E-state index in [2.05, 4.69) is 15.9 Å². The molecule has 12 heavy (non-hydrogen) atoms. The lowest BCUT2D eigenvalue weighted by Crippen LogP contribution is -1.89. The van der Waals surface area contributed by atoms with Gasteiger partial charge in [0.15, 0.2) is 0 Å². The summed E-state index contributed by atoms with van der Waals surface area (Å²) < 4.78 is 13.6. The van der Waals surface area contributed by atoms with Crippen LogP contribution in [0.3, 0.4) is 0 Å². The Morgan fingerprint density at radius 2 is 2.25 bits per heavy atom. The lowest BCUT2D eigenvalue weighted by molar-refractivity contribution is 0.628. The van der Waals surface area contributed by atoms with Gasteiger partial charge >= 0.3 is 0 Å². The Morgan fingerprint density at radius 1 is 1.58 bits per heavy atom. The van der Waals surface area contributed by atoms with Crippen LogP contribution in [0.4, 0.5) is 10.1 Å². The van der Waals surface area contributed by atoms with Crippen LogP contribution >= 0.6 is 15.9 Å². The second kappa shape index (κ2) is 3.72. The highest BCUT2D eigenvalue weighted by molar-refractivity contribution is 9.11. The summed E-state index contributed by atoms with van der Waals surface area (Å²) in [6.45, 7) is 1.87. The monoisotopic (exact) mass is 229 g/mol. The SMILES string of the molecule is C/C(Br)=C/c1cc(F)ccc1N. The summed E-state index contributed by atoms with van der Waals surface area (Å²) in [5, 5.41) is 0. The lowest BCUT2D eigenvalue weighted by Gasteiger charge is -1.99. The van der Waals surface area contributed by atoms with Crippen molar-refractivity contribution in [2.75, 3.05) is 5.73 Å². The third-order valence-electron chi connectivity index (χ3n) is 1.40. The number of halogens is 2. The van der Waals surface area contributed by atoms with E-state index in [1.54, 1.807) is 12.1 Å². The van der Waals surface area contributed by atoms with Crippen molar-refractivity contribution in [2.24, 2.45) is 0 Å². The van der Waals surface area contributed by atoms with Crippen molar-refractivity contribution < 1.29 is 4.39 Å². The fraction of sp³-hybridized carbons (Fsp3) is 0.111. The van der Waals surface area contributed by atoms with Gasteiger partial charge in [-0.1, -0.05) is 15.9 Å². The highest BCUT2D eigenvalue weighted by Crippen LogP contribution is 2.18. The van der Waals surface area contributed by atoms with Gasteiger partial charge in [0.05, 0.1) is 0 Å². The summed E-state index contributed by atoms with van der Waals surface area (Å²) in [5.74, 6) is -0.274. The molecule has 0 aromatic heterocycles. The van der Waals surface area contributed by atoms with Crippen LogP contribution in [0, 0.1) is 5.82 Å². The van der Waals surface area contributed by atoms with Crippen molar-refractivity contribution in [3.8, 4) is 0 Å². The Morgan fingerprint density at radius 3 is 2.83 bits per heavy atom. The van der Waals surface area contributed by atoms with E-state index in [1.165, 1.54) is 12.1 Å². The number of anilines is 1. The van der Waals surface area contributed by atoms with Gasteiger partial charge < -0.3 is 5.73 Å². The second-order valence-corrected chi connectivity index (χ2v) is 3.76. The quantitative estimate of drug-likeness (QED) is 0.736. The first-order valence-electron chi connectivity index (χ1n) is 3.48. The summed E-state index contributed by atoms with van der Waals surface area (Å²) in [6, 6.07) is 4.30. The fourth-order valence-corrected chi connectivity index (χ4v) is 1.13. The molecule has 0 saturated carbocycles. The summed E-state index contributed by atoms with van der Waals surface area (Å²) >= 11 is 3.25. The molecule has 0 bridgehead atoms. The van der Waals surface area contributed by atoms with Crippen molar-refractivity contribution in [3.05, 3.63) is 34.1 Å². The zero-order valence-corrected chi connectivity index (χ0v) is 8.23. The van der Waals surface area contributed by atoms with Crippen LogP contribution in [0.5, 0.6) is 0 Å². The van der Waals surface area contributed by atoms with Crippen molar-refractivity contribution in [2.45, 2.75) is 6.92 Å². The maximum atomic E-state index is 12.7. The smallest absolute Gasteiger partial charge is 0.123 e. The molecule has 2 N–H and O–H groups in total. The van der Waals surface area contributed by atoms with Crippen molar-refractivity contribution in [1.29, 1.82) is 0 Å². The summed E-state index contributed by atoms with van der Waals surface area (Å²) in [7, 11) is 0. The van der Waals surface area contributed by atoms with Crippen LogP contribution in [0.2, 0.25) is 0 Å². The number of hydrogen-bond donors (Lipinski definition) is 1. The van der Waals surface area contributed by atoms with E-state index in [9.17, 15) is 4.39 Å². The van der Waals surface area contributed by atoms with Gasteiger partial charge in [0.2, 0.25) is 0 Å². The number of nitrogens with two attached hydrogens (primary N) is 1. The highest BCUT2D eigenvalue weighted by atomic mass is 79.9. The molecule has 0 aliphatic heterocycles. The summed E-state index contributed by atoms with van der Waals surface area (Å²) in [5.41, 5.74) is 6.88. The predicted octanol–water partition coefficient (Wildman–Crippen LogP) is 3.16. The summed E-state index contributed by atoms with van der Waals surface area (Å²) in [4.78, 5) is 0. The average molecular weight is 230 g/mol. The van der Waals surface area contributed by atoms with Crippen LogP contribution in [0.1, 0.15) is 12.5 Å². The predicted molar refractivity (Wildman–Crippen MR) is 53.4 cm³/mol. The van der Waals surface area contributed by atoms with E-state index in [1.807, 2.05) is 6.92 Å². The highest BCUT2D eigenvalue weighted by Gasteiger charge is 1.97. The van der Waals surface area contributed by atoms with Crippen LogP contribution in [0.15, 0.2) is 22.7 Å². The van der Waals surface area contributed by atoms with Crippen LogP contribution < -0.4 is 5.73 Å². The second-order valence-electron chi connectivity index (χ2n) is 2.50. The number of benzene rings is 1. The van der Waals surface area contributed by atoms with Crippen LogP contribution in [-0.4, -0.2) is 0 Å². The van der Waals surface area contributed by atoms with Crippen molar-refractivity contribution in [1.82, 2.24) is 0 Å². The van der Waals surface area contributed by atoms with Gasteiger partial charge in [0.1, 0.15) is 5.82 Å². The van der Waals surface area contributed by atoms with Crippen molar-refractivity contribution >= 4 is 27.7 Å². The minimum Gasteiger partial charge on any atom is -0.398 e. The van der Waals surface area contributed by atoms with Gasteiger partial charge in [-0.2, -0.15) is 0 Å². The van der Waals surface area contributed by atoms with Crippen LogP contribution in [-0.2, 0) is 0 Å². The van der Waals surface area contributed by atoms with E-state index in [0.29, 0.717) is 11.3 Å². The maximum Gasteiger partial charge on any atom is 0.123 e. The summed E-state index contributed by atoms with van der Waals surface area (Å²) in [6.07, 6.45) is 1.78. The Kier molecular flexibility index (Phi) is 2.87. The van der Waals surface area contributed by atoms with Gasteiger partial charge in [0.25, 0.3) is 0 Å². The molecule has 0 aliphatic rings. The van der Waals surface area contributed by atoms with E-state index < -0.39 is 0 Å². The van der Waals surface area contributed by atoms with Crippen molar-refractivity contribution in [3.63, 3.8) is 0 Å². The molecule has 1 rings (SSSR count). The Bertz CT molecular complexity index is 316. The third-order valence-corrected chi connectivity index (χ3v) is 1.63. The molecule has 0 radical (unpaired) electrons. The minimum atomic E-state index is -0.274. The molecular weight excluding hydrogens is 221 g/mol. The topological polar surface area (TPSA) is 26.0 Å². The van der Waals surface area contributed by atoms with Gasteiger partial charge in [-0.05, 0) is 35.7 Å². The third kappa shape index (κ3) is 2.34. The largest absolute Gasteiger partial charge is 0.398 e. The molecule has 1 aromatic rings. The van der Waals surface area contributed by atoms with E-state index in [-0.39, 0.29) is 5.82 Å². The number of rotatable bonds is 1. The molecule has 1 nitrogen and oxygen atoms in total. The standard InChI is InChI=1S/C9H9BrFN/c1-6(10)4-7-5-8(11)2-3-9(7)12/h2-5H,12H2,1H3/b6-4-. The van der Waals surface area contributed by atoms with Gasteiger partial charge in [-0.15, -0.1) is 0 Å². The average Bonchev–Trinajstić information content (AvgIpc) is 1.96. The first kappa shape index (κ1) is 9.26. The minimum absolute atomic E-state index is 0.274. The van der Waals surface area contributed by atoms with E-state index >= 15 is 0 Å². The molecule has 0 fully saturated rings. The molecular formula is C9H9BrFN. The number of hydrogen-bond acceptors (Lipinski definition) is 1. The normalized spacial score (nSPS) is 11.8. The Labute approximate surface area is 79.2 Å². The van der Waals surface area contributed by atoms with Gasteiger partial charge in [-0.25, -0.2) is 4.39 Å². The molecule has 0 amide bonds. The first-order valence-corrected chi connectivity index (χ1v) is 4.28. The van der Waals surface area contributed by atoms with Crippen LogP contribution in [0.25, 0.3) is 6.08 Å². The molecule has 1 aromatic carbocycles. The van der Waals surface area contributed by atoms with Gasteiger partial charge in [-0.3, -0.25) is 0 Å². The molecule has 0 saturated heterocycles. The molecule has 0 aliphatic carbocycles. The molecule has 0 unspecified atom stereocenters. The maximum absolute atomic E-state index is 12.7. The Hall–Kier alpha value is -0.830. The molecule has 0 heterocycles. The van der Waals surface area contributed by atoms with E-state index in [4.69, 9.17) is 5.73 Å². The first-order chi connectivity index (χ1) is 5.59. The zero-order chi connectivity index (χ0) is 9.14. The molecule has 0 spiro atoms. The van der Waals surface area contributed by atoms with E-state index in [0.717, 1.165) is 4.48 Å². The fourth-order valence-electron chi connectivity index (χ4n) is 0.885. The zero-order valence-electron chi connectivity index (χ0n) is 6.64. The number of nitrogen functional groups attached to an aromatic ring is 1. The lowest BCUT2D eigenvalue weighted by atomic mass is 10.1. The Balaban J connectivity index is 3.14. The number of allylic oxidation sites excluding steroid dienone is 1. The molecule has 64 valence electrons.